The summed E-state index contributed by atoms with van der Waals surface area (Å²) in [7, 11) is 0. The topological polar surface area (TPSA) is 0 Å². The first-order chi connectivity index (χ1) is 5.20. The van der Waals surface area contributed by atoms with Gasteiger partial charge in [0.05, 0.1) is 0 Å². The van der Waals surface area contributed by atoms with Gasteiger partial charge in [0.1, 0.15) is 5.83 Å². The molecule has 1 heteroatoms. The van der Waals surface area contributed by atoms with E-state index < -0.39 is 0 Å². The van der Waals surface area contributed by atoms with E-state index in [1.807, 2.05) is 26.8 Å². The molecule has 11 heavy (non-hydrogen) atoms. The summed E-state index contributed by atoms with van der Waals surface area (Å²) in [5.41, 5.74) is 0. The zero-order valence-corrected chi connectivity index (χ0v) is 7.76. The van der Waals surface area contributed by atoms with Gasteiger partial charge in [-0.1, -0.05) is 33.8 Å². The van der Waals surface area contributed by atoms with Gasteiger partial charge in [0, 0.05) is 0 Å². The third-order valence-corrected chi connectivity index (χ3v) is 1.81. The lowest BCUT2D eigenvalue weighted by Gasteiger charge is -2.14. The van der Waals surface area contributed by atoms with E-state index in [2.05, 4.69) is 6.92 Å². The highest BCUT2D eigenvalue weighted by Gasteiger charge is 2.10. The van der Waals surface area contributed by atoms with Crippen LogP contribution >= 0.6 is 0 Å². The fourth-order valence-electron chi connectivity index (χ4n) is 0.877. The Bertz CT molecular complexity index is 156. The SMILES string of the molecule is CC.CC1C=CC(F)=CC1C. The Kier molecular flexibility index (Phi) is 4.84. The van der Waals surface area contributed by atoms with Gasteiger partial charge in [-0.2, -0.15) is 0 Å². The van der Waals surface area contributed by atoms with E-state index in [9.17, 15) is 4.39 Å². The summed E-state index contributed by atoms with van der Waals surface area (Å²) in [6.07, 6.45) is 5.09. The lowest BCUT2D eigenvalue weighted by molar-refractivity contribution is 0.520. The van der Waals surface area contributed by atoms with Crippen molar-refractivity contribution < 1.29 is 4.39 Å². The second-order valence-electron chi connectivity index (χ2n) is 2.63. The smallest absolute Gasteiger partial charge is 0.119 e. The van der Waals surface area contributed by atoms with Crippen LogP contribution in [0.4, 0.5) is 4.39 Å². The van der Waals surface area contributed by atoms with Gasteiger partial charge in [-0.25, -0.2) is 4.39 Å². The van der Waals surface area contributed by atoms with Gasteiger partial charge < -0.3 is 0 Å². The van der Waals surface area contributed by atoms with Crippen LogP contribution in [-0.2, 0) is 0 Å². The molecule has 0 saturated heterocycles. The molecule has 2 unspecified atom stereocenters. The molecule has 0 amide bonds. The summed E-state index contributed by atoms with van der Waals surface area (Å²) < 4.78 is 12.4. The van der Waals surface area contributed by atoms with Gasteiger partial charge in [0.25, 0.3) is 0 Å². The fourth-order valence-corrected chi connectivity index (χ4v) is 0.877. The summed E-state index contributed by atoms with van der Waals surface area (Å²) >= 11 is 0. The van der Waals surface area contributed by atoms with E-state index in [4.69, 9.17) is 0 Å². The molecule has 0 nitrogen and oxygen atoms in total. The zero-order chi connectivity index (χ0) is 8.85. The quantitative estimate of drug-likeness (QED) is 0.501. The molecule has 0 aromatic heterocycles. The van der Waals surface area contributed by atoms with Crippen molar-refractivity contribution in [3.05, 3.63) is 24.1 Å². The minimum atomic E-state index is -0.0967. The van der Waals surface area contributed by atoms with Gasteiger partial charge in [-0.05, 0) is 24.0 Å². The highest BCUT2D eigenvalue weighted by Crippen LogP contribution is 2.21. The molecule has 0 aromatic carbocycles. The molecule has 0 bridgehead atoms. The molecule has 0 fully saturated rings. The van der Waals surface area contributed by atoms with Crippen LogP contribution in [0.15, 0.2) is 24.1 Å². The predicted octanol–water partition coefficient (Wildman–Crippen LogP) is 3.71. The standard InChI is InChI=1S/C8H11F.C2H6/c1-6-3-4-8(9)5-7(6)2;1-2/h3-7H,1-2H3;1-2H3. The highest BCUT2D eigenvalue weighted by atomic mass is 19.1. The van der Waals surface area contributed by atoms with Crippen LogP contribution in [0.1, 0.15) is 27.7 Å². The van der Waals surface area contributed by atoms with Gasteiger partial charge in [-0.15, -0.1) is 0 Å². The van der Waals surface area contributed by atoms with E-state index in [1.165, 1.54) is 6.08 Å². The molecule has 0 saturated carbocycles. The number of allylic oxidation sites excluding steroid dienone is 4. The van der Waals surface area contributed by atoms with Crippen LogP contribution < -0.4 is 0 Å². The fraction of sp³-hybridized carbons (Fsp3) is 0.600. The molecule has 0 radical (unpaired) electrons. The van der Waals surface area contributed by atoms with Crippen molar-refractivity contribution in [1.82, 2.24) is 0 Å². The van der Waals surface area contributed by atoms with E-state index in [0.717, 1.165) is 0 Å². The molecule has 64 valence electrons. The van der Waals surface area contributed by atoms with Gasteiger partial charge in [0.15, 0.2) is 0 Å². The van der Waals surface area contributed by atoms with E-state index in [0.29, 0.717) is 11.8 Å². The van der Waals surface area contributed by atoms with Crippen molar-refractivity contribution in [1.29, 1.82) is 0 Å². The Morgan fingerprint density at radius 1 is 1.18 bits per heavy atom. The predicted molar refractivity (Wildman–Crippen MR) is 48.0 cm³/mol. The van der Waals surface area contributed by atoms with Crippen LogP contribution in [0, 0.1) is 11.8 Å². The van der Waals surface area contributed by atoms with Crippen molar-refractivity contribution in [2.24, 2.45) is 11.8 Å². The first-order valence-electron chi connectivity index (χ1n) is 4.25. The Labute approximate surface area is 68.8 Å². The molecule has 0 aromatic rings. The van der Waals surface area contributed by atoms with E-state index in [1.54, 1.807) is 6.08 Å². The van der Waals surface area contributed by atoms with E-state index in [-0.39, 0.29) is 5.83 Å². The molecule has 1 rings (SSSR count). The zero-order valence-electron chi connectivity index (χ0n) is 7.76. The monoisotopic (exact) mass is 156 g/mol. The van der Waals surface area contributed by atoms with Crippen LogP contribution in [0.25, 0.3) is 0 Å². The van der Waals surface area contributed by atoms with Gasteiger partial charge >= 0.3 is 0 Å². The molecule has 0 heterocycles. The second-order valence-corrected chi connectivity index (χ2v) is 2.63. The molecular weight excluding hydrogens is 139 g/mol. The maximum absolute atomic E-state index is 12.4. The lowest BCUT2D eigenvalue weighted by Crippen LogP contribution is -2.05. The Balaban J connectivity index is 0.000000461. The lowest BCUT2D eigenvalue weighted by atomic mass is 9.92. The number of hydrogen-bond donors (Lipinski definition) is 0. The molecule has 0 aliphatic heterocycles. The van der Waals surface area contributed by atoms with Crippen LogP contribution in [0.2, 0.25) is 0 Å². The Morgan fingerprint density at radius 3 is 2.09 bits per heavy atom. The molecule has 1 aliphatic rings. The Hall–Kier alpha value is -0.590. The summed E-state index contributed by atoms with van der Waals surface area (Å²) in [5, 5.41) is 0. The minimum Gasteiger partial charge on any atom is -0.207 e. The van der Waals surface area contributed by atoms with Crippen LogP contribution in [0.3, 0.4) is 0 Å². The third-order valence-electron chi connectivity index (χ3n) is 1.81. The average molecular weight is 156 g/mol. The molecular formula is C10H17F. The van der Waals surface area contributed by atoms with Gasteiger partial charge in [0.2, 0.25) is 0 Å². The molecule has 2 atom stereocenters. The largest absolute Gasteiger partial charge is 0.207 e. The maximum atomic E-state index is 12.4. The van der Waals surface area contributed by atoms with Crippen molar-refractivity contribution in [2.75, 3.05) is 0 Å². The van der Waals surface area contributed by atoms with Crippen molar-refractivity contribution in [2.45, 2.75) is 27.7 Å². The van der Waals surface area contributed by atoms with Crippen molar-refractivity contribution in [3.8, 4) is 0 Å². The molecule has 0 N–H and O–H groups in total. The Morgan fingerprint density at radius 2 is 1.73 bits per heavy atom. The summed E-state index contributed by atoms with van der Waals surface area (Å²) in [6.45, 7) is 8.11. The summed E-state index contributed by atoms with van der Waals surface area (Å²) in [6, 6.07) is 0. The van der Waals surface area contributed by atoms with Crippen LogP contribution in [-0.4, -0.2) is 0 Å². The summed E-state index contributed by atoms with van der Waals surface area (Å²) in [4.78, 5) is 0. The van der Waals surface area contributed by atoms with Crippen molar-refractivity contribution >= 4 is 0 Å². The number of halogens is 1. The first-order valence-corrected chi connectivity index (χ1v) is 4.25. The third kappa shape index (κ3) is 3.35. The van der Waals surface area contributed by atoms with Crippen molar-refractivity contribution in [3.63, 3.8) is 0 Å². The molecule has 0 spiro atoms. The maximum Gasteiger partial charge on any atom is 0.119 e. The minimum absolute atomic E-state index is 0.0967. The average Bonchev–Trinajstić information content (AvgIpc) is 2.02. The van der Waals surface area contributed by atoms with Gasteiger partial charge in [-0.3, -0.25) is 0 Å². The molecule has 1 aliphatic carbocycles. The van der Waals surface area contributed by atoms with E-state index >= 15 is 0 Å². The number of hydrogen-bond acceptors (Lipinski definition) is 0. The highest BCUT2D eigenvalue weighted by molar-refractivity contribution is 5.18. The second kappa shape index (κ2) is 5.11. The number of rotatable bonds is 0. The first kappa shape index (κ1) is 10.4. The van der Waals surface area contributed by atoms with Crippen LogP contribution in [0.5, 0.6) is 0 Å². The summed E-state index contributed by atoms with van der Waals surface area (Å²) in [5.74, 6) is 0.750. The normalized spacial score (nSPS) is 28.6.